The minimum absolute atomic E-state index is 0.230. The zero-order valence-corrected chi connectivity index (χ0v) is 11.8. The molecule has 0 amide bonds. The van der Waals surface area contributed by atoms with Crippen molar-refractivity contribution in [3.8, 4) is 17.0 Å². The van der Waals surface area contributed by atoms with E-state index in [2.05, 4.69) is 10.3 Å². The number of hydrogen-bond donors (Lipinski definition) is 2. The molecule has 0 radical (unpaired) electrons. The van der Waals surface area contributed by atoms with E-state index in [9.17, 15) is 9.90 Å². The highest BCUT2D eigenvalue weighted by atomic mass is 32.1. The Balaban J connectivity index is 1.99. The molecule has 2 N–H and O–H groups in total. The number of anilines is 2. The van der Waals surface area contributed by atoms with E-state index in [1.165, 1.54) is 0 Å². The van der Waals surface area contributed by atoms with Gasteiger partial charge in [0.05, 0.1) is 0 Å². The van der Waals surface area contributed by atoms with Gasteiger partial charge in [-0.2, -0.15) is 4.98 Å². The zero-order valence-electron chi connectivity index (χ0n) is 11.0. The van der Waals surface area contributed by atoms with Crippen molar-refractivity contribution in [2.45, 2.75) is 0 Å². The van der Waals surface area contributed by atoms with Gasteiger partial charge in [0.15, 0.2) is 5.13 Å². The quantitative estimate of drug-likeness (QED) is 0.775. The van der Waals surface area contributed by atoms with E-state index in [4.69, 9.17) is 0 Å². The van der Waals surface area contributed by atoms with Crippen LogP contribution in [0.1, 0.15) is 0 Å². The van der Waals surface area contributed by atoms with Gasteiger partial charge in [0, 0.05) is 5.69 Å². The molecule has 1 heterocycles. The molecule has 0 fully saturated rings. The summed E-state index contributed by atoms with van der Waals surface area (Å²) in [5.41, 5.74) is 1.71. The molecule has 0 aliphatic heterocycles. The van der Waals surface area contributed by atoms with Crippen molar-refractivity contribution in [1.82, 2.24) is 4.98 Å². The molecule has 3 rings (SSSR count). The van der Waals surface area contributed by atoms with E-state index in [0.29, 0.717) is 10.7 Å². The van der Waals surface area contributed by atoms with Crippen LogP contribution < -0.4 is 10.1 Å². The molecule has 0 unspecified atom stereocenters. The Morgan fingerprint density at radius 3 is 2.19 bits per heavy atom. The number of benzene rings is 2. The number of rotatable bonds is 3. The van der Waals surface area contributed by atoms with Crippen molar-refractivity contribution in [2.24, 2.45) is 0 Å². The number of para-hydroxylation sites is 1. The monoisotopic (exact) mass is 296 g/mol. The Hall–Kier alpha value is -2.66. The Labute approximate surface area is 125 Å². The minimum Gasteiger partial charge on any atom is -0.493 e. The highest BCUT2D eigenvalue weighted by Gasteiger charge is 2.13. The van der Waals surface area contributed by atoms with Crippen molar-refractivity contribution in [3.63, 3.8) is 0 Å². The van der Waals surface area contributed by atoms with E-state index >= 15 is 0 Å². The fourth-order valence-electron chi connectivity index (χ4n) is 1.96. The van der Waals surface area contributed by atoms with E-state index in [1.54, 1.807) is 12.1 Å². The lowest BCUT2D eigenvalue weighted by atomic mass is 10.1. The van der Waals surface area contributed by atoms with E-state index in [-0.39, 0.29) is 16.2 Å². The highest BCUT2D eigenvalue weighted by Crippen LogP contribution is 2.27. The first-order valence-corrected chi connectivity index (χ1v) is 7.17. The molecule has 0 spiro atoms. The van der Waals surface area contributed by atoms with Crippen molar-refractivity contribution < 1.29 is 5.11 Å². The summed E-state index contributed by atoms with van der Waals surface area (Å²) in [5.74, 6) is -0.261. The highest BCUT2D eigenvalue weighted by molar-refractivity contribution is 7.13. The minimum atomic E-state index is -0.261. The summed E-state index contributed by atoms with van der Waals surface area (Å²) in [5, 5.41) is 13.4. The van der Waals surface area contributed by atoms with Crippen LogP contribution >= 0.6 is 11.3 Å². The maximum atomic E-state index is 12.2. The normalized spacial score (nSPS) is 10.3. The summed E-state index contributed by atoms with van der Waals surface area (Å²) in [7, 11) is 0. The van der Waals surface area contributed by atoms with Crippen molar-refractivity contribution in [3.05, 3.63) is 70.2 Å². The molecule has 0 saturated heterocycles. The predicted octanol–water partition coefficient (Wildman–Crippen LogP) is 3.62. The number of nitrogens with zero attached hydrogens (tertiary/aromatic N) is 1. The molecule has 0 aliphatic rings. The smallest absolute Gasteiger partial charge is 0.248 e. The van der Waals surface area contributed by atoms with Crippen molar-refractivity contribution >= 4 is 22.2 Å². The zero-order chi connectivity index (χ0) is 14.7. The SMILES string of the molecule is O=c1sc(Nc2ccccc2)nc(O)c1-c1ccccc1. The van der Waals surface area contributed by atoms with Crippen LogP contribution in [0.25, 0.3) is 11.1 Å². The fraction of sp³-hybridized carbons (Fsp3) is 0. The Bertz CT molecular complexity index is 802. The lowest BCUT2D eigenvalue weighted by Crippen LogP contribution is -2.04. The molecule has 0 bridgehead atoms. The third-order valence-corrected chi connectivity index (χ3v) is 3.69. The molecule has 0 saturated carbocycles. The molecule has 2 aromatic carbocycles. The molecule has 1 aromatic heterocycles. The summed E-state index contributed by atoms with van der Waals surface area (Å²) in [6.45, 7) is 0. The van der Waals surface area contributed by atoms with E-state index in [1.807, 2.05) is 48.5 Å². The largest absolute Gasteiger partial charge is 0.493 e. The molecule has 104 valence electrons. The van der Waals surface area contributed by atoms with Gasteiger partial charge in [0.2, 0.25) is 10.6 Å². The second-order valence-electron chi connectivity index (χ2n) is 4.36. The second-order valence-corrected chi connectivity index (χ2v) is 5.32. The van der Waals surface area contributed by atoms with Gasteiger partial charge in [0.25, 0.3) is 0 Å². The van der Waals surface area contributed by atoms with Crippen LogP contribution in [0.4, 0.5) is 10.8 Å². The first-order valence-electron chi connectivity index (χ1n) is 6.35. The summed E-state index contributed by atoms with van der Waals surface area (Å²) in [6.07, 6.45) is 0. The van der Waals surface area contributed by atoms with E-state index < -0.39 is 0 Å². The Kier molecular flexibility index (Phi) is 3.66. The van der Waals surface area contributed by atoms with Crippen LogP contribution in [0.15, 0.2) is 65.5 Å². The maximum absolute atomic E-state index is 12.2. The summed E-state index contributed by atoms with van der Waals surface area (Å²) < 4.78 is -0.230. The third kappa shape index (κ3) is 2.93. The van der Waals surface area contributed by atoms with Gasteiger partial charge in [-0.15, -0.1) is 0 Å². The van der Waals surface area contributed by atoms with Gasteiger partial charge in [-0.05, 0) is 17.7 Å². The van der Waals surface area contributed by atoms with Gasteiger partial charge in [-0.1, -0.05) is 59.9 Å². The number of aromatic hydroxyl groups is 1. The average molecular weight is 296 g/mol. The molecule has 5 heteroatoms. The van der Waals surface area contributed by atoms with Crippen LogP contribution in [-0.2, 0) is 0 Å². The lowest BCUT2D eigenvalue weighted by molar-refractivity contribution is 0.457. The van der Waals surface area contributed by atoms with Gasteiger partial charge in [0.1, 0.15) is 5.56 Å². The summed E-state index contributed by atoms with van der Waals surface area (Å²) in [4.78, 5) is 16.3. The molecule has 21 heavy (non-hydrogen) atoms. The van der Waals surface area contributed by atoms with E-state index in [0.717, 1.165) is 17.0 Å². The molecule has 0 atom stereocenters. The Morgan fingerprint density at radius 1 is 0.952 bits per heavy atom. The first kappa shape index (κ1) is 13.3. The van der Waals surface area contributed by atoms with Gasteiger partial charge >= 0.3 is 0 Å². The first-order chi connectivity index (χ1) is 10.2. The number of aromatic nitrogens is 1. The summed E-state index contributed by atoms with van der Waals surface area (Å²) >= 11 is 0.970. The van der Waals surface area contributed by atoms with Crippen LogP contribution in [0.3, 0.4) is 0 Å². The molecule has 4 nitrogen and oxygen atoms in total. The molecular formula is C16H12N2O2S. The van der Waals surface area contributed by atoms with Crippen LogP contribution in [0.2, 0.25) is 0 Å². The van der Waals surface area contributed by atoms with Crippen molar-refractivity contribution in [2.75, 3.05) is 5.32 Å². The number of nitrogens with one attached hydrogen (secondary N) is 1. The standard InChI is InChI=1S/C16H12N2O2S/c19-14-13(11-7-3-1-4-8-11)15(20)21-16(18-14)17-12-9-5-2-6-10-12/h1-10,19H,(H,17,18). The van der Waals surface area contributed by atoms with Gasteiger partial charge < -0.3 is 10.4 Å². The number of hydrogen-bond acceptors (Lipinski definition) is 5. The predicted molar refractivity (Wildman–Crippen MR) is 85.2 cm³/mol. The second kappa shape index (κ2) is 5.76. The summed E-state index contributed by atoms with van der Waals surface area (Å²) in [6, 6.07) is 18.4. The molecular weight excluding hydrogens is 284 g/mol. The fourth-order valence-corrected chi connectivity index (χ4v) is 2.74. The van der Waals surface area contributed by atoms with Gasteiger partial charge in [-0.25, -0.2) is 0 Å². The molecule has 3 aromatic rings. The molecule has 0 aliphatic carbocycles. The van der Waals surface area contributed by atoms with Crippen molar-refractivity contribution in [1.29, 1.82) is 0 Å². The van der Waals surface area contributed by atoms with Crippen LogP contribution in [0.5, 0.6) is 5.88 Å². The van der Waals surface area contributed by atoms with Crippen LogP contribution in [-0.4, -0.2) is 10.1 Å². The topological polar surface area (TPSA) is 62.2 Å². The Morgan fingerprint density at radius 2 is 1.57 bits per heavy atom. The lowest BCUT2D eigenvalue weighted by Gasteiger charge is -2.07. The van der Waals surface area contributed by atoms with Gasteiger partial charge in [-0.3, -0.25) is 4.79 Å². The van der Waals surface area contributed by atoms with Crippen LogP contribution in [0, 0.1) is 0 Å². The average Bonchev–Trinajstić information content (AvgIpc) is 2.49. The third-order valence-electron chi connectivity index (χ3n) is 2.91. The maximum Gasteiger partial charge on any atom is 0.248 e.